The van der Waals surface area contributed by atoms with Crippen molar-refractivity contribution in [3.63, 3.8) is 0 Å². The summed E-state index contributed by atoms with van der Waals surface area (Å²) in [6.45, 7) is 0. The molecule has 58 valence electrons. The highest BCUT2D eigenvalue weighted by atomic mass is 31.1. The quantitative estimate of drug-likeness (QED) is 0.621. The summed E-state index contributed by atoms with van der Waals surface area (Å²) in [6, 6.07) is 9.44. The predicted octanol–water partition coefficient (Wildman–Crippen LogP) is 2.15. The number of hydrogen-bond donors (Lipinski definition) is 0. The maximum Gasteiger partial charge on any atom is 0.192 e. The molecule has 12 heavy (non-hydrogen) atoms. The van der Waals surface area contributed by atoms with Crippen LogP contribution in [0.25, 0.3) is 10.9 Å². The molecule has 1 aromatic heterocycles. The Balaban J connectivity index is 2.75. The Kier molecular flexibility index (Phi) is 1.84. The summed E-state index contributed by atoms with van der Waals surface area (Å²) in [6.07, 6.45) is 1.73. The molecule has 0 aliphatic carbocycles. The zero-order chi connectivity index (χ0) is 8.39. The average molecular weight is 175 g/mol. The first kappa shape index (κ1) is 7.38. The molecular weight excluding hydrogens is 169 g/mol. The summed E-state index contributed by atoms with van der Waals surface area (Å²) in [5.41, 5.74) is 0.887. The molecule has 2 rings (SSSR count). The fraction of sp³-hybridized carbons (Fsp3) is 0. The van der Waals surface area contributed by atoms with Crippen LogP contribution in [0, 0.1) is 0 Å². The molecule has 0 fully saturated rings. The van der Waals surface area contributed by atoms with Crippen molar-refractivity contribution in [1.29, 1.82) is 0 Å². The van der Waals surface area contributed by atoms with E-state index in [4.69, 9.17) is 0 Å². The first-order valence-electron chi connectivity index (χ1n) is 3.58. The largest absolute Gasteiger partial charge is 0.269 e. The summed E-state index contributed by atoms with van der Waals surface area (Å²) < 4.78 is 10.5. The molecule has 1 heterocycles. The lowest BCUT2D eigenvalue weighted by Gasteiger charge is -1.94. The summed E-state index contributed by atoms with van der Waals surface area (Å²) in [5.74, 6) is 0. The Bertz CT molecular complexity index is 428. The lowest BCUT2D eigenvalue weighted by molar-refractivity contribution is 0.603. The predicted molar refractivity (Wildman–Crippen MR) is 49.0 cm³/mol. The van der Waals surface area contributed by atoms with Crippen molar-refractivity contribution in [1.82, 2.24) is 4.98 Å². The van der Waals surface area contributed by atoms with Gasteiger partial charge >= 0.3 is 0 Å². The summed E-state index contributed by atoms with van der Waals surface area (Å²) in [4.78, 5) is 4.15. The highest BCUT2D eigenvalue weighted by Crippen LogP contribution is 2.09. The first-order chi connectivity index (χ1) is 5.90. The van der Waals surface area contributed by atoms with Crippen molar-refractivity contribution in [2.75, 3.05) is 0 Å². The topological polar surface area (TPSA) is 30.0 Å². The van der Waals surface area contributed by atoms with Crippen LogP contribution in [0.15, 0.2) is 36.5 Å². The Morgan fingerprint density at radius 2 is 2.17 bits per heavy atom. The normalized spacial score (nSPS) is 10.7. The molecule has 1 aromatic carbocycles. The minimum Gasteiger partial charge on any atom is -0.269 e. The second-order valence-corrected chi connectivity index (χ2v) is 3.17. The van der Waals surface area contributed by atoms with Crippen LogP contribution in [0.1, 0.15) is 0 Å². The fourth-order valence-electron chi connectivity index (χ4n) is 1.11. The number of benzene rings is 1. The van der Waals surface area contributed by atoms with Crippen LogP contribution in [-0.4, -0.2) is 4.98 Å². The third kappa shape index (κ3) is 1.21. The third-order valence-electron chi connectivity index (χ3n) is 1.69. The van der Waals surface area contributed by atoms with E-state index in [0.717, 1.165) is 16.2 Å². The summed E-state index contributed by atoms with van der Waals surface area (Å²) >= 11 is 0. The molecule has 0 aliphatic heterocycles. The molecule has 3 heteroatoms. The van der Waals surface area contributed by atoms with E-state index >= 15 is 0 Å². The molecule has 0 bridgehead atoms. The minimum absolute atomic E-state index is 0.0485. The molecule has 0 atom stereocenters. The van der Waals surface area contributed by atoms with Gasteiger partial charge in [0.1, 0.15) is 0 Å². The van der Waals surface area contributed by atoms with E-state index in [-0.39, 0.29) is 8.46 Å². The van der Waals surface area contributed by atoms with Gasteiger partial charge in [-0.15, -0.1) is 0 Å². The smallest absolute Gasteiger partial charge is 0.192 e. The van der Waals surface area contributed by atoms with Crippen molar-refractivity contribution < 1.29 is 4.57 Å². The number of hydrogen-bond acceptors (Lipinski definition) is 2. The van der Waals surface area contributed by atoms with Gasteiger partial charge in [-0.3, -0.25) is 9.55 Å². The lowest BCUT2D eigenvalue weighted by atomic mass is 10.2. The van der Waals surface area contributed by atoms with E-state index in [1.807, 2.05) is 30.3 Å². The van der Waals surface area contributed by atoms with E-state index < -0.39 is 0 Å². The number of fused-ring (bicyclic) bond motifs is 1. The minimum atomic E-state index is 0.0485. The molecule has 0 saturated carbocycles. The molecule has 0 radical (unpaired) electrons. The number of nitrogens with zero attached hydrogens (tertiary/aromatic N) is 1. The van der Waals surface area contributed by atoms with Crippen molar-refractivity contribution in [3.05, 3.63) is 36.5 Å². The van der Waals surface area contributed by atoms with Crippen LogP contribution < -0.4 is 5.30 Å². The van der Waals surface area contributed by atoms with Gasteiger partial charge < -0.3 is 0 Å². The Morgan fingerprint density at radius 1 is 1.25 bits per heavy atom. The van der Waals surface area contributed by atoms with Crippen LogP contribution in [0.2, 0.25) is 0 Å². The first-order valence-corrected chi connectivity index (χ1v) is 4.39. The molecule has 0 unspecified atom stereocenters. The van der Waals surface area contributed by atoms with E-state index in [0.29, 0.717) is 0 Å². The molecule has 0 spiro atoms. The summed E-state index contributed by atoms with van der Waals surface area (Å²) in [5, 5.41) is 1.84. The Labute approximate surface area is 71.5 Å². The van der Waals surface area contributed by atoms with E-state index in [1.165, 1.54) is 0 Å². The van der Waals surface area contributed by atoms with Crippen LogP contribution in [0.5, 0.6) is 0 Å². The van der Waals surface area contributed by atoms with Gasteiger partial charge in [0.2, 0.25) is 0 Å². The van der Waals surface area contributed by atoms with Crippen LogP contribution in [-0.2, 0) is 4.57 Å². The highest BCUT2D eigenvalue weighted by Gasteiger charge is 1.94. The maximum atomic E-state index is 10.5. The van der Waals surface area contributed by atoms with Gasteiger partial charge in [-0.25, -0.2) is 0 Å². The number of pyridine rings is 1. The van der Waals surface area contributed by atoms with Crippen molar-refractivity contribution in [3.8, 4) is 0 Å². The van der Waals surface area contributed by atoms with Gasteiger partial charge in [-0.05, 0) is 18.2 Å². The number of aromatic nitrogens is 1. The van der Waals surface area contributed by atoms with Crippen molar-refractivity contribution >= 4 is 24.7 Å². The number of rotatable bonds is 1. The van der Waals surface area contributed by atoms with Crippen LogP contribution in [0.3, 0.4) is 0 Å². The molecule has 0 amide bonds. The van der Waals surface area contributed by atoms with Crippen molar-refractivity contribution in [2.24, 2.45) is 0 Å². The molecular formula is C9H6NOP. The average Bonchev–Trinajstić information content (AvgIpc) is 2.17. The van der Waals surface area contributed by atoms with Crippen LogP contribution >= 0.6 is 8.46 Å². The second kappa shape index (κ2) is 3.00. The van der Waals surface area contributed by atoms with Gasteiger partial charge in [-0.2, -0.15) is 0 Å². The van der Waals surface area contributed by atoms with Gasteiger partial charge in [0.25, 0.3) is 0 Å². The molecule has 2 nitrogen and oxygen atoms in total. The molecule has 0 saturated heterocycles. The lowest BCUT2D eigenvalue weighted by Crippen LogP contribution is -1.90. The van der Waals surface area contributed by atoms with E-state index in [9.17, 15) is 4.57 Å². The van der Waals surface area contributed by atoms with Gasteiger partial charge in [0.15, 0.2) is 8.46 Å². The third-order valence-corrected chi connectivity index (χ3v) is 2.18. The Hall–Kier alpha value is -1.27. The van der Waals surface area contributed by atoms with Crippen LogP contribution in [0.4, 0.5) is 0 Å². The van der Waals surface area contributed by atoms with Gasteiger partial charge in [-0.1, -0.05) is 12.1 Å². The molecule has 2 aromatic rings. The monoisotopic (exact) mass is 175 g/mol. The standard InChI is InChI=1S/C9H6NOP/c11-12-8-4-3-7-2-1-5-10-9(7)6-8/h1-6H. The SMILES string of the molecule is O=Pc1ccc2cccnc2c1. The second-order valence-electron chi connectivity index (χ2n) is 2.47. The molecule has 0 aliphatic rings. The maximum absolute atomic E-state index is 10.5. The molecule has 0 N–H and O–H groups in total. The fourth-order valence-corrected chi connectivity index (χ4v) is 1.42. The highest BCUT2D eigenvalue weighted by molar-refractivity contribution is 7.34. The zero-order valence-corrected chi connectivity index (χ0v) is 7.16. The van der Waals surface area contributed by atoms with Crippen molar-refractivity contribution in [2.45, 2.75) is 0 Å². The zero-order valence-electron chi connectivity index (χ0n) is 6.27. The Morgan fingerprint density at radius 3 is 3.00 bits per heavy atom. The summed E-state index contributed by atoms with van der Waals surface area (Å²) in [7, 11) is 0.0485. The van der Waals surface area contributed by atoms with E-state index in [2.05, 4.69) is 4.98 Å². The van der Waals surface area contributed by atoms with E-state index in [1.54, 1.807) is 6.20 Å². The van der Waals surface area contributed by atoms with Gasteiger partial charge in [0.05, 0.1) is 5.52 Å². The van der Waals surface area contributed by atoms with Gasteiger partial charge in [0, 0.05) is 16.9 Å².